The number of hydrogen-bond acceptors (Lipinski definition) is 3. The van der Waals surface area contributed by atoms with Crippen molar-refractivity contribution in [3.05, 3.63) is 30.1 Å². The molecule has 0 bridgehead atoms. The molecule has 0 unspecified atom stereocenters. The van der Waals surface area contributed by atoms with Crippen LogP contribution in [0.5, 0.6) is 0 Å². The monoisotopic (exact) mass is 260 g/mol. The van der Waals surface area contributed by atoms with E-state index in [-0.39, 0.29) is 6.54 Å². The minimum Gasteiger partial charge on any atom is -0.358 e. The molecule has 1 aromatic rings. The van der Waals surface area contributed by atoms with Crippen LogP contribution < -0.4 is 5.32 Å². The summed E-state index contributed by atoms with van der Waals surface area (Å²) >= 11 is 0. The Morgan fingerprint density at radius 2 is 2.00 bits per heavy atom. The first-order valence-electron chi connectivity index (χ1n) is 4.81. The van der Waals surface area contributed by atoms with Gasteiger partial charge in [-0.3, -0.25) is 4.79 Å². The molecule has 1 aromatic carbocycles. The second-order valence-electron chi connectivity index (χ2n) is 3.36. The molecule has 0 aliphatic rings. The second-order valence-corrected chi connectivity index (χ2v) is 5.38. The maximum absolute atomic E-state index is 13.4. The molecule has 94 valence electrons. The number of amides is 1. The van der Waals surface area contributed by atoms with Gasteiger partial charge in [-0.25, -0.2) is 12.8 Å². The first-order chi connectivity index (χ1) is 7.89. The van der Waals surface area contributed by atoms with Gasteiger partial charge in [-0.15, -0.1) is 0 Å². The highest BCUT2D eigenvalue weighted by Gasteiger charge is 2.25. The van der Waals surface area contributed by atoms with E-state index in [0.717, 1.165) is 16.4 Å². The van der Waals surface area contributed by atoms with Gasteiger partial charge >= 0.3 is 0 Å². The van der Waals surface area contributed by atoms with Crippen molar-refractivity contribution in [1.29, 1.82) is 0 Å². The van der Waals surface area contributed by atoms with Gasteiger partial charge in [0.25, 0.3) is 0 Å². The Bertz CT molecular complexity index is 516. The van der Waals surface area contributed by atoms with Crippen molar-refractivity contribution in [2.24, 2.45) is 0 Å². The summed E-state index contributed by atoms with van der Waals surface area (Å²) < 4.78 is 38.0. The van der Waals surface area contributed by atoms with Crippen LogP contribution >= 0.6 is 0 Å². The highest BCUT2D eigenvalue weighted by Crippen LogP contribution is 2.17. The van der Waals surface area contributed by atoms with Gasteiger partial charge < -0.3 is 5.32 Å². The summed E-state index contributed by atoms with van der Waals surface area (Å²) in [5.41, 5.74) is 0. The molecule has 0 radical (unpaired) electrons. The van der Waals surface area contributed by atoms with E-state index in [1.807, 2.05) is 0 Å². The molecule has 0 aliphatic heterocycles. The molecule has 1 amide bonds. The number of rotatable bonds is 4. The lowest BCUT2D eigenvalue weighted by molar-refractivity contribution is -0.120. The van der Waals surface area contributed by atoms with Gasteiger partial charge in [-0.1, -0.05) is 12.1 Å². The van der Waals surface area contributed by atoms with Crippen LogP contribution in [0.4, 0.5) is 4.39 Å². The molecule has 0 heterocycles. The zero-order valence-electron chi connectivity index (χ0n) is 9.47. The fourth-order valence-corrected chi connectivity index (χ4v) is 2.38. The standard InChI is InChI=1S/C10H13FN2O3S/c1-12-10(14)7-13(2)17(15,16)9-6-4-3-5-8(9)11/h3-6H,7H2,1-2H3,(H,12,14). The molecular weight excluding hydrogens is 247 g/mol. The summed E-state index contributed by atoms with van der Waals surface area (Å²) in [6, 6.07) is 5.03. The summed E-state index contributed by atoms with van der Waals surface area (Å²) in [4.78, 5) is 10.6. The van der Waals surface area contributed by atoms with Crippen molar-refractivity contribution >= 4 is 15.9 Å². The lowest BCUT2D eigenvalue weighted by Gasteiger charge is -2.16. The normalized spacial score (nSPS) is 11.5. The molecular formula is C10H13FN2O3S. The third-order valence-corrected chi connectivity index (χ3v) is 4.01. The molecule has 0 aliphatic carbocycles. The Morgan fingerprint density at radius 3 is 2.53 bits per heavy atom. The Labute approximate surface area is 99.3 Å². The lowest BCUT2D eigenvalue weighted by atomic mass is 10.4. The average Bonchev–Trinajstić information content (AvgIpc) is 2.29. The summed E-state index contributed by atoms with van der Waals surface area (Å²) in [5.74, 6) is -1.30. The number of nitrogens with one attached hydrogen (secondary N) is 1. The van der Waals surface area contributed by atoms with Crippen molar-refractivity contribution in [2.45, 2.75) is 4.90 Å². The minimum atomic E-state index is -3.98. The Morgan fingerprint density at radius 1 is 1.41 bits per heavy atom. The molecule has 0 saturated carbocycles. The van der Waals surface area contributed by atoms with Crippen LogP contribution in [0.25, 0.3) is 0 Å². The average molecular weight is 260 g/mol. The van der Waals surface area contributed by atoms with Crippen molar-refractivity contribution in [2.75, 3.05) is 20.6 Å². The van der Waals surface area contributed by atoms with Gasteiger partial charge in [-0.2, -0.15) is 4.31 Å². The fraction of sp³-hybridized carbons (Fsp3) is 0.300. The van der Waals surface area contributed by atoms with E-state index < -0.39 is 26.6 Å². The zero-order chi connectivity index (χ0) is 13.1. The Kier molecular flexibility index (Phi) is 4.19. The van der Waals surface area contributed by atoms with Crippen molar-refractivity contribution in [1.82, 2.24) is 9.62 Å². The SMILES string of the molecule is CNC(=O)CN(C)S(=O)(=O)c1ccccc1F. The van der Waals surface area contributed by atoms with E-state index in [1.165, 1.54) is 26.2 Å². The van der Waals surface area contributed by atoms with Crippen LogP contribution in [0.1, 0.15) is 0 Å². The first kappa shape index (κ1) is 13.6. The van der Waals surface area contributed by atoms with E-state index in [2.05, 4.69) is 5.32 Å². The number of sulfonamides is 1. The van der Waals surface area contributed by atoms with Gasteiger partial charge in [0, 0.05) is 14.1 Å². The van der Waals surface area contributed by atoms with Crippen LogP contribution in [0.2, 0.25) is 0 Å². The zero-order valence-corrected chi connectivity index (χ0v) is 10.3. The molecule has 1 rings (SSSR count). The lowest BCUT2D eigenvalue weighted by Crippen LogP contribution is -2.37. The number of hydrogen-bond donors (Lipinski definition) is 1. The first-order valence-corrected chi connectivity index (χ1v) is 6.25. The quantitative estimate of drug-likeness (QED) is 0.840. The van der Waals surface area contributed by atoms with Crippen molar-refractivity contribution < 1.29 is 17.6 Å². The Hall–Kier alpha value is -1.47. The van der Waals surface area contributed by atoms with Gasteiger partial charge in [-0.05, 0) is 12.1 Å². The van der Waals surface area contributed by atoms with Crippen molar-refractivity contribution in [3.63, 3.8) is 0 Å². The summed E-state index contributed by atoms with van der Waals surface area (Å²) in [6.07, 6.45) is 0. The van der Waals surface area contributed by atoms with Gasteiger partial charge in [0.1, 0.15) is 10.7 Å². The van der Waals surface area contributed by atoms with E-state index in [0.29, 0.717) is 0 Å². The molecule has 17 heavy (non-hydrogen) atoms. The van der Waals surface area contributed by atoms with Crippen LogP contribution in [-0.4, -0.2) is 39.3 Å². The smallest absolute Gasteiger partial charge is 0.246 e. The number of likely N-dealkylation sites (N-methyl/N-ethyl adjacent to an activating group) is 2. The van der Waals surface area contributed by atoms with Gasteiger partial charge in [0.2, 0.25) is 15.9 Å². The number of carbonyl (C=O) groups is 1. The summed E-state index contributed by atoms with van der Waals surface area (Å²) in [7, 11) is -1.36. The number of carbonyl (C=O) groups excluding carboxylic acids is 1. The molecule has 0 atom stereocenters. The van der Waals surface area contributed by atoms with Crippen LogP contribution in [0.3, 0.4) is 0 Å². The predicted molar refractivity (Wildman–Crippen MR) is 60.3 cm³/mol. The fourth-order valence-electron chi connectivity index (χ4n) is 1.19. The topological polar surface area (TPSA) is 66.5 Å². The van der Waals surface area contributed by atoms with Crippen LogP contribution in [0, 0.1) is 5.82 Å². The molecule has 5 nitrogen and oxygen atoms in total. The third-order valence-electron chi connectivity index (χ3n) is 2.17. The largest absolute Gasteiger partial charge is 0.358 e. The van der Waals surface area contributed by atoms with Gasteiger partial charge in [0.15, 0.2) is 0 Å². The van der Waals surface area contributed by atoms with E-state index >= 15 is 0 Å². The van der Waals surface area contributed by atoms with Crippen molar-refractivity contribution in [3.8, 4) is 0 Å². The highest BCUT2D eigenvalue weighted by atomic mass is 32.2. The Balaban J connectivity index is 3.04. The highest BCUT2D eigenvalue weighted by molar-refractivity contribution is 7.89. The predicted octanol–water partition coefficient (Wildman–Crippen LogP) is 0.192. The second kappa shape index (κ2) is 5.24. The molecule has 0 spiro atoms. The molecule has 0 saturated heterocycles. The maximum Gasteiger partial charge on any atom is 0.246 e. The number of benzene rings is 1. The maximum atomic E-state index is 13.4. The summed E-state index contributed by atoms with van der Waals surface area (Å²) in [5, 5.41) is 2.30. The minimum absolute atomic E-state index is 0.354. The number of nitrogens with zero attached hydrogens (tertiary/aromatic N) is 1. The molecule has 1 N–H and O–H groups in total. The third kappa shape index (κ3) is 3.01. The molecule has 0 aromatic heterocycles. The van der Waals surface area contributed by atoms with Crippen LogP contribution in [0.15, 0.2) is 29.2 Å². The molecule has 7 heteroatoms. The van der Waals surface area contributed by atoms with E-state index in [9.17, 15) is 17.6 Å². The van der Waals surface area contributed by atoms with E-state index in [4.69, 9.17) is 0 Å². The number of halogens is 1. The molecule has 0 fully saturated rings. The van der Waals surface area contributed by atoms with E-state index in [1.54, 1.807) is 0 Å². The van der Waals surface area contributed by atoms with Gasteiger partial charge in [0.05, 0.1) is 6.54 Å². The summed E-state index contributed by atoms with van der Waals surface area (Å²) in [6.45, 7) is -0.354. The van der Waals surface area contributed by atoms with Crippen LogP contribution in [-0.2, 0) is 14.8 Å².